The maximum absolute atomic E-state index is 13.0. The lowest BCUT2D eigenvalue weighted by molar-refractivity contribution is -0.113. The van der Waals surface area contributed by atoms with Gasteiger partial charge in [0.2, 0.25) is 5.91 Å². The summed E-state index contributed by atoms with van der Waals surface area (Å²) in [7, 11) is 3.01. The number of carbonyl (C=O) groups excluding carboxylic acids is 2. The molecule has 2 N–H and O–H groups in total. The molecule has 0 aliphatic rings. The summed E-state index contributed by atoms with van der Waals surface area (Å²) >= 11 is 2.83. The van der Waals surface area contributed by atoms with E-state index in [1.165, 1.54) is 42.9 Å². The van der Waals surface area contributed by atoms with Crippen LogP contribution in [0.4, 0.5) is 10.8 Å². The van der Waals surface area contributed by atoms with Crippen molar-refractivity contribution in [1.82, 2.24) is 4.98 Å². The van der Waals surface area contributed by atoms with Crippen LogP contribution in [0.2, 0.25) is 0 Å². The summed E-state index contributed by atoms with van der Waals surface area (Å²) in [5, 5.41) is 6.36. The van der Waals surface area contributed by atoms with Crippen LogP contribution < -0.4 is 20.1 Å². The number of methoxy groups -OCH3 is 2. The van der Waals surface area contributed by atoms with Gasteiger partial charge in [0.1, 0.15) is 17.1 Å². The van der Waals surface area contributed by atoms with Gasteiger partial charge in [-0.1, -0.05) is 42.0 Å². The Balaban J connectivity index is 1.37. The number of nitrogens with zero attached hydrogens (tertiary/aromatic N) is 1. The molecule has 3 aromatic carbocycles. The first-order valence-electron chi connectivity index (χ1n) is 11.5. The van der Waals surface area contributed by atoms with E-state index in [1.807, 2.05) is 56.3 Å². The van der Waals surface area contributed by atoms with Crippen molar-refractivity contribution in [2.24, 2.45) is 0 Å². The van der Waals surface area contributed by atoms with E-state index in [2.05, 4.69) is 15.6 Å². The number of thiazole rings is 1. The maximum atomic E-state index is 13.0. The van der Waals surface area contributed by atoms with Crippen LogP contribution in [0.15, 0.2) is 71.6 Å². The van der Waals surface area contributed by atoms with Crippen LogP contribution in [0.25, 0.3) is 11.3 Å². The van der Waals surface area contributed by atoms with Gasteiger partial charge in [-0.3, -0.25) is 9.59 Å². The van der Waals surface area contributed by atoms with Crippen LogP contribution >= 0.6 is 23.1 Å². The van der Waals surface area contributed by atoms with Gasteiger partial charge in [0, 0.05) is 21.0 Å². The van der Waals surface area contributed by atoms with Gasteiger partial charge in [0.05, 0.1) is 25.7 Å². The molecule has 9 heteroatoms. The van der Waals surface area contributed by atoms with Crippen molar-refractivity contribution >= 4 is 45.7 Å². The average Bonchev–Trinajstić information content (AvgIpc) is 3.27. The molecule has 4 rings (SSSR count). The standard InChI is InChI=1S/C28H27N3O4S2/c1-17-11-13-19(14-12-17)26-18(2)37-28(31-26)30-24(32)16-36-21-8-5-7-20(15-21)29-27(33)25-22(34-3)9-6-10-23(25)35-4/h5-15H,16H2,1-4H3,(H,29,33)(H,30,31,32). The number of thioether (sulfide) groups is 1. The Bertz CT molecular complexity index is 1400. The van der Waals surface area contributed by atoms with Crippen molar-refractivity contribution in [3.8, 4) is 22.8 Å². The highest BCUT2D eigenvalue weighted by Gasteiger charge is 2.18. The average molecular weight is 534 g/mol. The zero-order chi connectivity index (χ0) is 26.4. The second-order valence-electron chi connectivity index (χ2n) is 8.15. The largest absolute Gasteiger partial charge is 0.496 e. The van der Waals surface area contributed by atoms with Gasteiger partial charge >= 0.3 is 0 Å². The molecule has 2 amide bonds. The molecule has 0 aliphatic heterocycles. The predicted octanol–water partition coefficient (Wildman–Crippen LogP) is 6.43. The summed E-state index contributed by atoms with van der Waals surface area (Å²) in [6.45, 7) is 4.04. The first kappa shape index (κ1) is 26.2. The number of aromatic nitrogens is 1. The molecule has 0 saturated heterocycles. The van der Waals surface area contributed by atoms with Gasteiger partial charge in [-0.15, -0.1) is 23.1 Å². The molecule has 0 spiro atoms. The molecule has 0 unspecified atom stereocenters. The van der Waals surface area contributed by atoms with E-state index >= 15 is 0 Å². The number of nitrogens with one attached hydrogen (secondary N) is 2. The number of hydrogen-bond donors (Lipinski definition) is 2. The molecule has 7 nitrogen and oxygen atoms in total. The first-order chi connectivity index (χ1) is 17.9. The van der Waals surface area contributed by atoms with Crippen molar-refractivity contribution in [2.75, 3.05) is 30.6 Å². The number of ether oxygens (including phenoxy) is 2. The maximum Gasteiger partial charge on any atom is 0.263 e. The zero-order valence-electron chi connectivity index (χ0n) is 21.0. The van der Waals surface area contributed by atoms with Crippen LogP contribution in [-0.2, 0) is 4.79 Å². The van der Waals surface area contributed by atoms with Crippen molar-refractivity contribution in [2.45, 2.75) is 18.7 Å². The summed E-state index contributed by atoms with van der Waals surface area (Å²) in [5.74, 6) is 0.542. The lowest BCUT2D eigenvalue weighted by Gasteiger charge is -2.13. The third-order valence-corrected chi connectivity index (χ3v) is 7.36. The Morgan fingerprint density at radius 2 is 1.59 bits per heavy atom. The van der Waals surface area contributed by atoms with Crippen molar-refractivity contribution < 1.29 is 19.1 Å². The highest BCUT2D eigenvalue weighted by molar-refractivity contribution is 8.00. The molecule has 0 saturated carbocycles. The van der Waals surface area contributed by atoms with Gasteiger partial charge < -0.3 is 20.1 Å². The Hall–Kier alpha value is -3.82. The molecule has 1 aromatic heterocycles. The smallest absolute Gasteiger partial charge is 0.263 e. The first-order valence-corrected chi connectivity index (χ1v) is 13.3. The fourth-order valence-electron chi connectivity index (χ4n) is 3.67. The number of amides is 2. The van der Waals surface area contributed by atoms with Crippen molar-refractivity contribution in [3.63, 3.8) is 0 Å². The van der Waals surface area contributed by atoms with E-state index in [1.54, 1.807) is 24.3 Å². The normalized spacial score (nSPS) is 10.6. The second-order valence-corrected chi connectivity index (χ2v) is 10.4. The zero-order valence-corrected chi connectivity index (χ0v) is 22.6. The van der Waals surface area contributed by atoms with Crippen molar-refractivity contribution in [1.29, 1.82) is 0 Å². The van der Waals surface area contributed by atoms with Crippen LogP contribution in [-0.4, -0.2) is 36.8 Å². The molecule has 37 heavy (non-hydrogen) atoms. The number of hydrogen-bond acceptors (Lipinski definition) is 7. The monoisotopic (exact) mass is 533 g/mol. The molecular formula is C28H27N3O4S2. The predicted molar refractivity (Wildman–Crippen MR) is 150 cm³/mol. The molecule has 0 aliphatic carbocycles. The van der Waals surface area contributed by atoms with Crippen LogP contribution in [0.5, 0.6) is 11.5 Å². The Morgan fingerprint density at radius 1 is 0.919 bits per heavy atom. The summed E-state index contributed by atoms with van der Waals surface area (Å²) < 4.78 is 10.7. The number of rotatable bonds is 9. The van der Waals surface area contributed by atoms with E-state index in [0.29, 0.717) is 27.9 Å². The van der Waals surface area contributed by atoms with Crippen molar-refractivity contribution in [3.05, 3.63) is 82.7 Å². The van der Waals surface area contributed by atoms with E-state index in [9.17, 15) is 9.59 Å². The van der Waals surface area contributed by atoms with Gasteiger partial charge in [-0.2, -0.15) is 0 Å². The minimum absolute atomic E-state index is 0.151. The fraction of sp³-hybridized carbons (Fsp3) is 0.179. The number of benzene rings is 3. The molecular weight excluding hydrogens is 506 g/mol. The quantitative estimate of drug-likeness (QED) is 0.241. The molecule has 0 fully saturated rings. The van der Waals surface area contributed by atoms with Crippen LogP contribution in [0, 0.1) is 13.8 Å². The summed E-state index contributed by atoms with van der Waals surface area (Å²) in [6, 6.07) is 20.7. The molecule has 0 atom stereocenters. The fourth-order valence-corrected chi connectivity index (χ4v) is 5.27. The Labute approximate surface area is 224 Å². The third kappa shape index (κ3) is 6.49. The van der Waals surface area contributed by atoms with E-state index in [0.717, 1.165) is 21.0 Å². The van der Waals surface area contributed by atoms with Crippen LogP contribution in [0.1, 0.15) is 20.8 Å². The number of anilines is 2. The minimum Gasteiger partial charge on any atom is -0.496 e. The lowest BCUT2D eigenvalue weighted by atomic mass is 10.1. The lowest BCUT2D eigenvalue weighted by Crippen LogP contribution is -2.15. The molecule has 0 bridgehead atoms. The summed E-state index contributed by atoms with van der Waals surface area (Å²) in [4.78, 5) is 32.1. The molecule has 0 radical (unpaired) electrons. The summed E-state index contributed by atoms with van der Waals surface area (Å²) in [6.07, 6.45) is 0. The van der Waals surface area contributed by atoms with E-state index in [-0.39, 0.29) is 17.6 Å². The highest BCUT2D eigenvalue weighted by atomic mass is 32.2. The van der Waals surface area contributed by atoms with E-state index < -0.39 is 0 Å². The topological polar surface area (TPSA) is 89.5 Å². The minimum atomic E-state index is -0.349. The molecule has 1 heterocycles. The molecule has 4 aromatic rings. The van der Waals surface area contributed by atoms with Crippen LogP contribution in [0.3, 0.4) is 0 Å². The van der Waals surface area contributed by atoms with Gasteiger partial charge in [-0.25, -0.2) is 4.98 Å². The SMILES string of the molecule is COc1cccc(OC)c1C(=O)Nc1cccc(SCC(=O)Nc2nc(-c3ccc(C)cc3)c(C)s2)c1. The van der Waals surface area contributed by atoms with Gasteiger partial charge in [0.15, 0.2) is 5.13 Å². The van der Waals surface area contributed by atoms with Gasteiger partial charge in [0.25, 0.3) is 5.91 Å². The third-order valence-electron chi connectivity index (χ3n) is 5.48. The van der Waals surface area contributed by atoms with Gasteiger partial charge in [-0.05, 0) is 44.2 Å². The van der Waals surface area contributed by atoms with E-state index in [4.69, 9.17) is 9.47 Å². The highest BCUT2D eigenvalue weighted by Crippen LogP contribution is 2.32. The Kier molecular flexibility index (Phi) is 8.47. The second kappa shape index (κ2) is 11.9. The summed E-state index contributed by atoms with van der Waals surface area (Å²) in [5.41, 5.74) is 4.00. The molecule has 190 valence electrons. The number of carbonyl (C=O) groups is 2. The number of aryl methyl sites for hydroxylation is 2. The Morgan fingerprint density at radius 3 is 2.27 bits per heavy atom.